The summed E-state index contributed by atoms with van der Waals surface area (Å²) < 4.78 is 30.2. The van der Waals surface area contributed by atoms with Gasteiger partial charge in [-0.3, -0.25) is 4.90 Å². The van der Waals surface area contributed by atoms with Crippen LogP contribution >= 0.6 is 7.60 Å². The molecule has 26 heavy (non-hydrogen) atoms. The van der Waals surface area contributed by atoms with Gasteiger partial charge < -0.3 is 13.8 Å². The molecular formula is C19H20NO5P. The SMILES string of the molecule is COC(=O)N1CCCC=C1P(=O)(Oc1ccccc1)Oc1ccccc1. The molecule has 0 saturated heterocycles. The van der Waals surface area contributed by atoms with Gasteiger partial charge in [0.15, 0.2) is 5.44 Å². The lowest BCUT2D eigenvalue weighted by atomic mass is 10.2. The van der Waals surface area contributed by atoms with Gasteiger partial charge in [0.25, 0.3) is 0 Å². The maximum absolute atomic E-state index is 13.8. The van der Waals surface area contributed by atoms with Crippen molar-refractivity contribution in [1.29, 1.82) is 0 Å². The van der Waals surface area contributed by atoms with Crippen LogP contribution in [-0.2, 0) is 9.30 Å². The summed E-state index contributed by atoms with van der Waals surface area (Å²) in [7, 11) is -2.59. The van der Waals surface area contributed by atoms with Gasteiger partial charge in [0.05, 0.1) is 7.11 Å². The second-order valence-corrected chi connectivity index (χ2v) is 7.45. The van der Waals surface area contributed by atoms with Gasteiger partial charge in [0.2, 0.25) is 0 Å². The Morgan fingerprint density at radius 2 is 1.50 bits per heavy atom. The number of amides is 1. The maximum atomic E-state index is 13.8. The first-order chi connectivity index (χ1) is 12.6. The Morgan fingerprint density at radius 1 is 0.962 bits per heavy atom. The topological polar surface area (TPSA) is 65.1 Å². The zero-order valence-electron chi connectivity index (χ0n) is 14.4. The molecule has 0 saturated carbocycles. The number of allylic oxidation sites excluding steroid dienone is 1. The fourth-order valence-electron chi connectivity index (χ4n) is 2.61. The minimum Gasteiger partial charge on any atom is -0.452 e. The van der Waals surface area contributed by atoms with Gasteiger partial charge in [0.1, 0.15) is 11.5 Å². The Balaban J connectivity index is 2.00. The van der Waals surface area contributed by atoms with E-state index in [4.69, 9.17) is 13.8 Å². The lowest BCUT2D eigenvalue weighted by Gasteiger charge is -2.31. The maximum Gasteiger partial charge on any atom is 0.479 e. The molecule has 7 heteroatoms. The Bertz CT molecular complexity index is 777. The molecule has 0 aliphatic carbocycles. The van der Waals surface area contributed by atoms with Crippen LogP contribution in [0.4, 0.5) is 4.79 Å². The highest BCUT2D eigenvalue weighted by Crippen LogP contribution is 2.57. The number of ether oxygens (including phenoxy) is 1. The predicted octanol–water partition coefficient (Wildman–Crippen LogP) is 5.04. The number of hydrogen-bond donors (Lipinski definition) is 0. The number of carbonyl (C=O) groups is 1. The monoisotopic (exact) mass is 373 g/mol. The minimum atomic E-state index is -3.88. The summed E-state index contributed by atoms with van der Waals surface area (Å²) in [5, 5.41) is 0. The first kappa shape index (κ1) is 18.1. The van der Waals surface area contributed by atoms with E-state index in [2.05, 4.69) is 0 Å². The zero-order chi connectivity index (χ0) is 18.4. The van der Waals surface area contributed by atoms with Crippen molar-refractivity contribution in [2.75, 3.05) is 13.7 Å². The van der Waals surface area contributed by atoms with Crippen molar-refractivity contribution in [3.05, 3.63) is 72.2 Å². The third-order valence-electron chi connectivity index (χ3n) is 3.80. The second kappa shape index (κ2) is 8.11. The number of methoxy groups -OCH3 is 1. The van der Waals surface area contributed by atoms with Gasteiger partial charge >= 0.3 is 13.7 Å². The molecule has 3 rings (SSSR count). The molecule has 0 fully saturated rings. The summed E-state index contributed by atoms with van der Waals surface area (Å²) in [5.41, 5.74) is 0.198. The molecule has 0 atom stereocenters. The van der Waals surface area contributed by atoms with E-state index in [0.717, 1.165) is 6.42 Å². The highest BCUT2D eigenvalue weighted by Gasteiger charge is 2.41. The summed E-state index contributed by atoms with van der Waals surface area (Å²) in [6.45, 7) is 0.388. The fourth-order valence-corrected chi connectivity index (χ4v) is 4.47. The third kappa shape index (κ3) is 4.09. The van der Waals surface area contributed by atoms with Gasteiger partial charge in [-0.1, -0.05) is 36.4 Å². The highest BCUT2D eigenvalue weighted by atomic mass is 31.2. The van der Waals surface area contributed by atoms with Crippen molar-refractivity contribution < 1.29 is 23.1 Å². The average molecular weight is 373 g/mol. The predicted molar refractivity (Wildman–Crippen MR) is 98.2 cm³/mol. The van der Waals surface area contributed by atoms with E-state index in [1.165, 1.54) is 12.0 Å². The fraction of sp³-hybridized carbons (Fsp3) is 0.211. The van der Waals surface area contributed by atoms with E-state index in [1.54, 1.807) is 54.6 Å². The molecule has 6 nitrogen and oxygen atoms in total. The largest absolute Gasteiger partial charge is 0.479 e. The van der Waals surface area contributed by atoms with Gasteiger partial charge in [-0.2, -0.15) is 0 Å². The summed E-state index contributed by atoms with van der Waals surface area (Å²) in [4.78, 5) is 13.5. The van der Waals surface area contributed by atoms with E-state index in [0.29, 0.717) is 24.5 Å². The van der Waals surface area contributed by atoms with Crippen LogP contribution < -0.4 is 9.05 Å². The van der Waals surface area contributed by atoms with Crippen molar-refractivity contribution in [1.82, 2.24) is 4.90 Å². The molecule has 2 aromatic rings. The van der Waals surface area contributed by atoms with E-state index in [9.17, 15) is 9.36 Å². The third-order valence-corrected chi connectivity index (χ3v) is 5.69. The zero-order valence-corrected chi connectivity index (χ0v) is 15.3. The standard InChI is InChI=1S/C19H20NO5P/c1-23-19(21)20-15-9-8-14-18(20)26(22,24-16-10-4-2-5-11-16)25-17-12-6-3-7-13-17/h2-7,10-14H,8-9,15H2,1H3. The first-order valence-electron chi connectivity index (χ1n) is 8.28. The quantitative estimate of drug-likeness (QED) is 0.687. The second-order valence-electron chi connectivity index (χ2n) is 5.63. The molecule has 1 heterocycles. The lowest BCUT2D eigenvalue weighted by Crippen LogP contribution is -2.34. The molecule has 0 radical (unpaired) electrons. The van der Waals surface area contributed by atoms with Gasteiger partial charge in [-0.25, -0.2) is 9.36 Å². The molecule has 1 aliphatic heterocycles. The Kier molecular flexibility index (Phi) is 5.64. The molecule has 0 aromatic heterocycles. The van der Waals surface area contributed by atoms with Crippen molar-refractivity contribution in [2.45, 2.75) is 12.8 Å². The van der Waals surface area contributed by atoms with Crippen LogP contribution in [0.1, 0.15) is 12.8 Å². The molecule has 0 N–H and O–H groups in total. The number of carbonyl (C=O) groups excluding carboxylic acids is 1. The molecule has 2 aromatic carbocycles. The lowest BCUT2D eigenvalue weighted by molar-refractivity contribution is 0.134. The number of hydrogen-bond acceptors (Lipinski definition) is 5. The minimum absolute atomic E-state index is 0.198. The molecule has 0 unspecified atom stereocenters. The van der Waals surface area contributed by atoms with Crippen LogP contribution in [0.25, 0.3) is 0 Å². The van der Waals surface area contributed by atoms with Crippen molar-refractivity contribution >= 4 is 13.7 Å². The van der Waals surface area contributed by atoms with Gasteiger partial charge in [-0.15, -0.1) is 0 Å². The number of nitrogens with zero attached hydrogens (tertiary/aromatic N) is 1. The van der Waals surface area contributed by atoms with E-state index >= 15 is 0 Å². The normalized spacial score (nSPS) is 14.3. The molecule has 1 aliphatic rings. The van der Waals surface area contributed by atoms with Crippen LogP contribution in [0.3, 0.4) is 0 Å². The molecular weight excluding hydrogens is 353 g/mol. The smallest absolute Gasteiger partial charge is 0.452 e. The molecule has 0 spiro atoms. The summed E-state index contributed by atoms with van der Waals surface area (Å²) in [6, 6.07) is 17.5. The Labute approximate surface area is 152 Å². The summed E-state index contributed by atoms with van der Waals surface area (Å²) in [6.07, 6.45) is 2.54. The van der Waals surface area contributed by atoms with Crippen LogP contribution in [0.2, 0.25) is 0 Å². The molecule has 136 valence electrons. The van der Waals surface area contributed by atoms with Gasteiger partial charge in [-0.05, 0) is 43.2 Å². The highest BCUT2D eigenvalue weighted by molar-refractivity contribution is 7.59. The number of rotatable bonds is 5. The number of benzene rings is 2. The van der Waals surface area contributed by atoms with Crippen LogP contribution in [0, 0.1) is 0 Å². The van der Waals surface area contributed by atoms with Crippen molar-refractivity contribution in [3.63, 3.8) is 0 Å². The van der Waals surface area contributed by atoms with E-state index < -0.39 is 13.7 Å². The van der Waals surface area contributed by atoms with E-state index in [-0.39, 0.29) is 5.44 Å². The van der Waals surface area contributed by atoms with Crippen molar-refractivity contribution in [3.8, 4) is 11.5 Å². The van der Waals surface area contributed by atoms with Crippen molar-refractivity contribution in [2.24, 2.45) is 0 Å². The number of para-hydroxylation sites is 2. The molecule has 1 amide bonds. The van der Waals surface area contributed by atoms with Crippen LogP contribution in [0.15, 0.2) is 72.2 Å². The summed E-state index contributed by atoms with van der Waals surface area (Å²) in [5.74, 6) is 0.783. The Hall–Kier alpha value is -2.72. The average Bonchev–Trinajstić information content (AvgIpc) is 2.69. The van der Waals surface area contributed by atoms with E-state index in [1.807, 2.05) is 12.1 Å². The molecule has 0 bridgehead atoms. The van der Waals surface area contributed by atoms with Crippen LogP contribution in [-0.4, -0.2) is 24.6 Å². The first-order valence-corrected chi connectivity index (χ1v) is 9.82. The van der Waals surface area contributed by atoms with Gasteiger partial charge in [0, 0.05) is 6.54 Å². The summed E-state index contributed by atoms with van der Waals surface area (Å²) >= 11 is 0. The van der Waals surface area contributed by atoms with Crippen LogP contribution in [0.5, 0.6) is 11.5 Å². The Morgan fingerprint density at radius 3 is 2.00 bits per heavy atom.